The molecular weight excluding hydrogens is 542 g/mol. The van der Waals surface area contributed by atoms with Gasteiger partial charge in [0.1, 0.15) is 23.1 Å². The maximum Gasteiger partial charge on any atom is 0.408 e. The predicted octanol–water partition coefficient (Wildman–Crippen LogP) is 7.34. The third-order valence-electron chi connectivity index (χ3n) is 7.88. The lowest BCUT2D eigenvalue weighted by molar-refractivity contribution is -0.118. The van der Waals surface area contributed by atoms with E-state index in [0.717, 1.165) is 46.8 Å². The minimum absolute atomic E-state index is 0.175. The van der Waals surface area contributed by atoms with Crippen LogP contribution in [0.25, 0.3) is 0 Å². The Morgan fingerprint density at radius 2 is 1.63 bits per heavy atom. The molecule has 2 amide bonds. The Hall–Kier alpha value is -4.04. The number of carbonyl (C=O) groups is 2. The fraction of sp³-hybridized carbons (Fsp3) is 0.429. The molecule has 2 aliphatic heterocycles. The first-order chi connectivity index (χ1) is 20.4. The molecule has 2 aliphatic rings. The van der Waals surface area contributed by atoms with Crippen LogP contribution >= 0.6 is 0 Å². The number of alkyl carbamates (subject to hydrolysis) is 1. The van der Waals surface area contributed by atoms with Crippen LogP contribution in [-0.2, 0) is 26.5 Å². The highest BCUT2D eigenvalue weighted by atomic mass is 16.6. The standard InChI is InChI=1S/C35H43N3O5/c1-8-38(9-2)25-15-17-28-31(20-25)42-30-19-24(14-16-27(30)35(28)26-13-11-10-12-23(26)21-41-35)36-32(39)29(18-22(3)4)37-33(40)43-34(5,6)7/h10-17,19-20,22,29H,8-9,18,21H2,1-7H3,(H,36,39)(H,37,40)/t29-,35?/m0/s1. The number of anilines is 2. The van der Waals surface area contributed by atoms with Crippen LogP contribution in [0.3, 0.4) is 0 Å². The van der Waals surface area contributed by atoms with Gasteiger partial charge in [-0.15, -0.1) is 0 Å². The Labute approximate surface area is 254 Å². The first kappa shape index (κ1) is 30.4. The quantitative estimate of drug-likeness (QED) is 0.288. The number of hydrogen-bond acceptors (Lipinski definition) is 6. The molecule has 2 N–H and O–H groups in total. The van der Waals surface area contributed by atoms with E-state index in [0.29, 0.717) is 24.5 Å². The number of ether oxygens (including phenoxy) is 3. The normalized spacial score (nSPS) is 17.4. The van der Waals surface area contributed by atoms with Crippen LogP contribution in [-0.4, -0.2) is 36.7 Å². The Morgan fingerprint density at radius 1 is 0.953 bits per heavy atom. The second kappa shape index (κ2) is 11.9. The highest BCUT2D eigenvalue weighted by molar-refractivity contribution is 5.97. The van der Waals surface area contributed by atoms with Crippen molar-refractivity contribution in [2.45, 2.75) is 78.7 Å². The molecule has 0 radical (unpaired) electrons. The summed E-state index contributed by atoms with van der Waals surface area (Å²) in [7, 11) is 0. The van der Waals surface area contributed by atoms with Gasteiger partial charge in [0.2, 0.25) is 5.91 Å². The van der Waals surface area contributed by atoms with E-state index in [2.05, 4.69) is 59.7 Å². The van der Waals surface area contributed by atoms with Crippen LogP contribution in [0.5, 0.6) is 11.5 Å². The third-order valence-corrected chi connectivity index (χ3v) is 7.88. The third kappa shape index (κ3) is 6.07. The lowest BCUT2D eigenvalue weighted by Crippen LogP contribution is -2.46. The van der Waals surface area contributed by atoms with Crippen molar-refractivity contribution in [1.29, 1.82) is 0 Å². The molecule has 1 spiro atoms. The largest absolute Gasteiger partial charge is 0.456 e. The molecule has 228 valence electrons. The van der Waals surface area contributed by atoms with E-state index < -0.39 is 23.3 Å². The molecule has 3 aromatic carbocycles. The molecule has 0 aromatic heterocycles. The van der Waals surface area contributed by atoms with Gasteiger partial charge in [0, 0.05) is 47.7 Å². The first-order valence-corrected chi connectivity index (χ1v) is 15.2. The van der Waals surface area contributed by atoms with Crippen molar-refractivity contribution in [2.75, 3.05) is 23.3 Å². The molecule has 0 bridgehead atoms. The van der Waals surface area contributed by atoms with Gasteiger partial charge in [-0.3, -0.25) is 4.79 Å². The lowest BCUT2D eigenvalue weighted by Gasteiger charge is -2.38. The summed E-state index contributed by atoms with van der Waals surface area (Å²) in [5.74, 6) is 1.19. The Bertz CT molecular complexity index is 1510. The van der Waals surface area contributed by atoms with Crippen LogP contribution in [0, 0.1) is 5.92 Å². The Kier molecular flexibility index (Phi) is 8.43. The topological polar surface area (TPSA) is 89.1 Å². The summed E-state index contributed by atoms with van der Waals surface area (Å²) < 4.78 is 18.7. The van der Waals surface area contributed by atoms with Crippen LogP contribution in [0.15, 0.2) is 60.7 Å². The number of carbonyl (C=O) groups excluding carboxylic acids is 2. The van der Waals surface area contributed by atoms with Gasteiger partial charge in [-0.2, -0.15) is 0 Å². The SMILES string of the molecule is CCN(CC)c1ccc2c(c1)Oc1cc(NC(=O)[C@H](CC(C)C)NC(=O)OC(C)(C)C)ccc1C21OCc2ccccc21. The van der Waals surface area contributed by atoms with E-state index >= 15 is 0 Å². The Morgan fingerprint density at radius 3 is 2.30 bits per heavy atom. The van der Waals surface area contributed by atoms with Crippen LogP contribution in [0.1, 0.15) is 77.1 Å². The summed E-state index contributed by atoms with van der Waals surface area (Å²) in [6.45, 7) is 15.9. The predicted molar refractivity (Wildman–Crippen MR) is 169 cm³/mol. The smallest absolute Gasteiger partial charge is 0.408 e. The zero-order valence-electron chi connectivity index (χ0n) is 26.2. The van der Waals surface area contributed by atoms with E-state index in [-0.39, 0.29) is 11.8 Å². The molecule has 5 rings (SSSR count). The molecule has 8 heteroatoms. The molecule has 43 heavy (non-hydrogen) atoms. The molecule has 8 nitrogen and oxygen atoms in total. The maximum absolute atomic E-state index is 13.5. The highest BCUT2D eigenvalue weighted by Crippen LogP contribution is 2.56. The fourth-order valence-corrected chi connectivity index (χ4v) is 5.99. The molecule has 0 saturated carbocycles. The summed E-state index contributed by atoms with van der Waals surface area (Å²) in [4.78, 5) is 28.3. The van der Waals surface area contributed by atoms with Crippen molar-refractivity contribution < 1.29 is 23.8 Å². The number of nitrogens with zero attached hydrogens (tertiary/aromatic N) is 1. The average molecular weight is 586 g/mol. The molecule has 3 aromatic rings. The van der Waals surface area contributed by atoms with Gasteiger partial charge in [0.25, 0.3) is 0 Å². The van der Waals surface area contributed by atoms with Crippen molar-refractivity contribution in [3.05, 3.63) is 82.9 Å². The molecule has 0 saturated heterocycles. The first-order valence-electron chi connectivity index (χ1n) is 15.2. The summed E-state index contributed by atoms with van der Waals surface area (Å²) in [6, 6.07) is 19.5. The zero-order valence-corrected chi connectivity index (χ0v) is 26.2. The van der Waals surface area contributed by atoms with Crippen LogP contribution < -0.4 is 20.3 Å². The van der Waals surface area contributed by atoms with Gasteiger partial charge in [-0.25, -0.2) is 4.79 Å². The maximum atomic E-state index is 13.5. The highest BCUT2D eigenvalue weighted by Gasteiger charge is 2.49. The molecule has 0 aliphatic carbocycles. The van der Waals surface area contributed by atoms with Crippen LogP contribution in [0.2, 0.25) is 0 Å². The minimum Gasteiger partial charge on any atom is -0.456 e. The van der Waals surface area contributed by atoms with Crippen LogP contribution in [0.4, 0.5) is 16.2 Å². The second-order valence-corrected chi connectivity index (χ2v) is 12.6. The molecule has 1 unspecified atom stereocenters. The fourth-order valence-electron chi connectivity index (χ4n) is 5.99. The summed E-state index contributed by atoms with van der Waals surface area (Å²) in [5.41, 5.74) is 4.19. The molecule has 2 heterocycles. The minimum atomic E-state index is -0.831. The lowest BCUT2D eigenvalue weighted by atomic mass is 9.77. The van der Waals surface area contributed by atoms with E-state index in [9.17, 15) is 9.59 Å². The summed E-state index contributed by atoms with van der Waals surface area (Å²) >= 11 is 0. The molecular formula is C35H43N3O5. The van der Waals surface area contributed by atoms with Gasteiger partial charge in [-0.05, 0) is 82.3 Å². The van der Waals surface area contributed by atoms with E-state index in [1.54, 1.807) is 20.8 Å². The van der Waals surface area contributed by atoms with E-state index in [4.69, 9.17) is 14.2 Å². The van der Waals surface area contributed by atoms with Crippen molar-refractivity contribution in [2.24, 2.45) is 5.92 Å². The average Bonchev–Trinajstić information content (AvgIpc) is 3.32. The molecule has 2 atom stereocenters. The van der Waals surface area contributed by atoms with E-state index in [1.807, 2.05) is 44.2 Å². The molecule has 0 fully saturated rings. The number of rotatable bonds is 8. The number of amides is 2. The van der Waals surface area contributed by atoms with Crippen molar-refractivity contribution >= 4 is 23.4 Å². The van der Waals surface area contributed by atoms with Gasteiger partial charge >= 0.3 is 6.09 Å². The van der Waals surface area contributed by atoms with E-state index in [1.165, 1.54) is 0 Å². The number of fused-ring (bicyclic) bond motifs is 6. The zero-order chi connectivity index (χ0) is 30.9. The summed E-state index contributed by atoms with van der Waals surface area (Å²) in [5, 5.41) is 5.75. The summed E-state index contributed by atoms with van der Waals surface area (Å²) in [6.07, 6.45) is -0.163. The van der Waals surface area contributed by atoms with Gasteiger partial charge in [-0.1, -0.05) is 38.1 Å². The van der Waals surface area contributed by atoms with Gasteiger partial charge < -0.3 is 29.7 Å². The van der Waals surface area contributed by atoms with Crippen molar-refractivity contribution in [3.63, 3.8) is 0 Å². The van der Waals surface area contributed by atoms with Gasteiger partial charge in [0.05, 0.1) is 6.61 Å². The number of benzene rings is 3. The number of nitrogens with one attached hydrogen (secondary N) is 2. The van der Waals surface area contributed by atoms with Crippen molar-refractivity contribution in [3.8, 4) is 11.5 Å². The monoisotopic (exact) mass is 585 g/mol. The van der Waals surface area contributed by atoms with Crippen molar-refractivity contribution in [1.82, 2.24) is 5.32 Å². The second-order valence-electron chi connectivity index (χ2n) is 12.6. The number of hydrogen-bond donors (Lipinski definition) is 2. The Balaban J connectivity index is 1.50. The van der Waals surface area contributed by atoms with Gasteiger partial charge in [0.15, 0.2) is 5.60 Å².